The van der Waals surface area contributed by atoms with Crippen molar-refractivity contribution < 1.29 is 4.79 Å². The summed E-state index contributed by atoms with van der Waals surface area (Å²) in [6, 6.07) is 0. The number of ketones is 1. The van der Waals surface area contributed by atoms with Crippen LogP contribution in [0.1, 0.15) is 54.0 Å². The van der Waals surface area contributed by atoms with Crippen molar-refractivity contribution in [1.29, 1.82) is 0 Å². The first-order valence-corrected chi connectivity index (χ1v) is 7.38. The van der Waals surface area contributed by atoms with Gasteiger partial charge in [-0.3, -0.25) is 4.79 Å². The summed E-state index contributed by atoms with van der Waals surface area (Å²) in [4.78, 5) is 16.7. The van der Waals surface area contributed by atoms with Crippen molar-refractivity contribution in [3.63, 3.8) is 0 Å². The van der Waals surface area contributed by atoms with E-state index in [-0.39, 0.29) is 11.7 Å². The average Bonchev–Trinajstić information content (AvgIpc) is 2.64. The number of carbonyl (C=O) groups is 1. The molecule has 1 aliphatic rings. The molecule has 0 saturated heterocycles. The minimum absolute atomic E-state index is 0.213. The molecular formula is C13H20N2OS. The van der Waals surface area contributed by atoms with Gasteiger partial charge in [0.2, 0.25) is 0 Å². The summed E-state index contributed by atoms with van der Waals surface area (Å²) < 4.78 is 0. The van der Waals surface area contributed by atoms with Gasteiger partial charge in [-0.15, -0.1) is 11.3 Å². The largest absolute Gasteiger partial charge is 0.330 e. The van der Waals surface area contributed by atoms with Crippen molar-refractivity contribution in [2.75, 3.05) is 6.54 Å². The monoisotopic (exact) mass is 252 g/mol. The lowest BCUT2D eigenvalue weighted by Gasteiger charge is -2.10. The van der Waals surface area contributed by atoms with Gasteiger partial charge >= 0.3 is 0 Å². The third kappa shape index (κ3) is 3.36. The van der Waals surface area contributed by atoms with Crippen molar-refractivity contribution in [1.82, 2.24) is 4.98 Å². The molecule has 1 fully saturated rings. The molecule has 0 unspecified atom stereocenters. The molecule has 2 N–H and O–H groups in total. The van der Waals surface area contributed by atoms with Crippen LogP contribution in [0, 0.1) is 5.92 Å². The van der Waals surface area contributed by atoms with Crippen molar-refractivity contribution in [2.45, 2.75) is 44.9 Å². The lowest BCUT2D eigenvalue weighted by Crippen LogP contribution is -2.14. The number of hydrogen-bond donors (Lipinski definition) is 1. The summed E-state index contributed by atoms with van der Waals surface area (Å²) in [5, 5.41) is 2.89. The van der Waals surface area contributed by atoms with E-state index in [1.807, 2.05) is 5.38 Å². The van der Waals surface area contributed by atoms with Crippen LogP contribution >= 0.6 is 11.3 Å². The SMILES string of the molecule is NCCc1nc(C(=O)C2CCCCCC2)cs1. The van der Waals surface area contributed by atoms with Gasteiger partial charge in [0.15, 0.2) is 5.78 Å². The molecule has 0 aromatic carbocycles. The number of nitrogens with two attached hydrogens (primary N) is 1. The van der Waals surface area contributed by atoms with Crippen LogP contribution in [-0.2, 0) is 6.42 Å². The quantitative estimate of drug-likeness (QED) is 0.662. The first kappa shape index (κ1) is 12.7. The standard InChI is InChI=1S/C13H20N2OS/c14-8-7-12-15-11(9-17-12)13(16)10-5-3-1-2-4-6-10/h9-10H,1-8,14H2. The van der Waals surface area contributed by atoms with Gasteiger partial charge in [-0.1, -0.05) is 25.7 Å². The van der Waals surface area contributed by atoms with Crippen molar-refractivity contribution in [2.24, 2.45) is 11.7 Å². The van der Waals surface area contributed by atoms with Gasteiger partial charge in [0, 0.05) is 17.7 Å². The van der Waals surface area contributed by atoms with Crippen LogP contribution < -0.4 is 5.73 Å². The molecule has 0 bridgehead atoms. The van der Waals surface area contributed by atoms with Crippen molar-refractivity contribution in [3.8, 4) is 0 Å². The van der Waals surface area contributed by atoms with E-state index in [0.29, 0.717) is 12.2 Å². The predicted octanol–water partition coefficient (Wildman–Crippen LogP) is 2.80. The summed E-state index contributed by atoms with van der Waals surface area (Å²) in [6.45, 7) is 0.602. The second kappa shape index (κ2) is 6.26. The summed E-state index contributed by atoms with van der Waals surface area (Å²) >= 11 is 1.56. The lowest BCUT2D eigenvalue weighted by molar-refractivity contribution is 0.0903. The smallest absolute Gasteiger partial charge is 0.185 e. The van der Waals surface area contributed by atoms with E-state index in [0.717, 1.165) is 24.3 Å². The normalized spacial score (nSPS) is 17.9. The van der Waals surface area contributed by atoms with E-state index in [1.165, 1.54) is 25.7 Å². The fourth-order valence-corrected chi connectivity index (χ4v) is 3.22. The van der Waals surface area contributed by atoms with Gasteiger partial charge in [-0.2, -0.15) is 0 Å². The van der Waals surface area contributed by atoms with E-state index >= 15 is 0 Å². The molecule has 94 valence electrons. The second-order valence-electron chi connectivity index (χ2n) is 4.72. The molecule has 1 aromatic rings. The Morgan fingerprint density at radius 1 is 1.35 bits per heavy atom. The van der Waals surface area contributed by atoms with Crippen LogP contribution in [0.25, 0.3) is 0 Å². The summed E-state index contributed by atoms with van der Waals surface area (Å²) in [6.07, 6.45) is 7.80. The number of aromatic nitrogens is 1. The maximum atomic E-state index is 12.3. The molecule has 1 aliphatic carbocycles. The maximum absolute atomic E-state index is 12.3. The molecule has 0 radical (unpaired) electrons. The van der Waals surface area contributed by atoms with Crippen molar-refractivity contribution >= 4 is 17.1 Å². The predicted molar refractivity (Wildman–Crippen MR) is 70.4 cm³/mol. The number of nitrogens with zero attached hydrogens (tertiary/aromatic N) is 1. The van der Waals surface area contributed by atoms with Gasteiger partial charge in [-0.25, -0.2) is 4.98 Å². The number of Topliss-reactive ketones (excluding diaryl/α,β-unsaturated/α-hetero) is 1. The van der Waals surface area contributed by atoms with E-state index in [1.54, 1.807) is 11.3 Å². The Labute approximate surface area is 106 Å². The minimum Gasteiger partial charge on any atom is -0.330 e. The van der Waals surface area contributed by atoms with Gasteiger partial charge in [0.05, 0.1) is 5.01 Å². The van der Waals surface area contributed by atoms with Crippen LogP contribution in [0.3, 0.4) is 0 Å². The van der Waals surface area contributed by atoms with Gasteiger partial charge in [0.1, 0.15) is 5.69 Å². The molecule has 1 heterocycles. The molecule has 3 nitrogen and oxygen atoms in total. The van der Waals surface area contributed by atoms with E-state index < -0.39 is 0 Å². The Morgan fingerprint density at radius 3 is 2.71 bits per heavy atom. The number of thiazole rings is 1. The first-order chi connectivity index (χ1) is 8.31. The number of hydrogen-bond acceptors (Lipinski definition) is 4. The highest BCUT2D eigenvalue weighted by molar-refractivity contribution is 7.09. The van der Waals surface area contributed by atoms with Crippen LogP contribution in [0.4, 0.5) is 0 Å². The fraction of sp³-hybridized carbons (Fsp3) is 0.692. The Bertz CT molecular complexity index is 367. The van der Waals surface area contributed by atoms with Crippen LogP contribution in [0.2, 0.25) is 0 Å². The highest BCUT2D eigenvalue weighted by Gasteiger charge is 2.23. The molecule has 1 aromatic heterocycles. The maximum Gasteiger partial charge on any atom is 0.185 e. The Hall–Kier alpha value is -0.740. The molecule has 1 saturated carbocycles. The molecular weight excluding hydrogens is 232 g/mol. The average molecular weight is 252 g/mol. The summed E-state index contributed by atoms with van der Waals surface area (Å²) in [5.74, 6) is 0.469. The molecule has 0 atom stereocenters. The number of carbonyl (C=O) groups excluding carboxylic acids is 1. The zero-order valence-electron chi connectivity index (χ0n) is 10.2. The van der Waals surface area contributed by atoms with E-state index in [2.05, 4.69) is 4.98 Å². The lowest BCUT2D eigenvalue weighted by atomic mass is 9.94. The van der Waals surface area contributed by atoms with E-state index in [9.17, 15) is 4.79 Å². The zero-order chi connectivity index (χ0) is 12.1. The molecule has 0 amide bonds. The van der Waals surface area contributed by atoms with Crippen LogP contribution in [0.5, 0.6) is 0 Å². The number of rotatable bonds is 4. The summed E-state index contributed by atoms with van der Waals surface area (Å²) in [5.41, 5.74) is 6.16. The Balaban J connectivity index is 2.01. The van der Waals surface area contributed by atoms with Gasteiger partial charge < -0.3 is 5.73 Å². The topological polar surface area (TPSA) is 56.0 Å². The molecule has 17 heavy (non-hydrogen) atoms. The first-order valence-electron chi connectivity index (χ1n) is 6.50. The minimum atomic E-state index is 0.213. The fourth-order valence-electron chi connectivity index (χ4n) is 2.41. The third-order valence-electron chi connectivity index (χ3n) is 3.39. The molecule has 0 spiro atoms. The van der Waals surface area contributed by atoms with E-state index in [4.69, 9.17) is 5.73 Å². The van der Waals surface area contributed by atoms with Crippen LogP contribution in [-0.4, -0.2) is 17.3 Å². The van der Waals surface area contributed by atoms with Gasteiger partial charge in [0.25, 0.3) is 0 Å². The highest BCUT2D eigenvalue weighted by Crippen LogP contribution is 2.26. The zero-order valence-corrected chi connectivity index (χ0v) is 11.0. The third-order valence-corrected chi connectivity index (χ3v) is 4.30. The second-order valence-corrected chi connectivity index (χ2v) is 5.66. The molecule has 4 heteroatoms. The van der Waals surface area contributed by atoms with Gasteiger partial charge in [-0.05, 0) is 19.4 Å². The Morgan fingerprint density at radius 2 is 2.06 bits per heavy atom. The highest BCUT2D eigenvalue weighted by atomic mass is 32.1. The summed E-state index contributed by atoms with van der Waals surface area (Å²) in [7, 11) is 0. The van der Waals surface area contributed by atoms with Crippen molar-refractivity contribution in [3.05, 3.63) is 16.1 Å². The van der Waals surface area contributed by atoms with Crippen LogP contribution in [0.15, 0.2) is 5.38 Å². The molecule has 0 aliphatic heterocycles. The molecule has 2 rings (SSSR count). The Kier molecular flexibility index (Phi) is 4.68.